The molecule has 20 heavy (non-hydrogen) atoms. The molecule has 0 fully saturated rings. The first-order valence-corrected chi connectivity index (χ1v) is 6.08. The van der Waals surface area contributed by atoms with Crippen LogP contribution in [0.2, 0.25) is 5.02 Å². The van der Waals surface area contributed by atoms with Gasteiger partial charge < -0.3 is 4.74 Å². The van der Waals surface area contributed by atoms with E-state index >= 15 is 0 Å². The Morgan fingerprint density at radius 2 is 2.10 bits per heavy atom. The van der Waals surface area contributed by atoms with Gasteiger partial charge in [0.1, 0.15) is 10.7 Å². The maximum Gasteiger partial charge on any atom is 0.357 e. The highest BCUT2D eigenvalue weighted by molar-refractivity contribution is 6.35. The van der Waals surface area contributed by atoms with Crippen molar-refractivity contribution in [3.05, 3.63) is 45.1 Å². The Morgan fingerprint density at radius 3 is 2.65 bits per heavy atom. The maximum atomic E-state index is 11.6. The minimum Gasteiger partial charge on any atom is -0.461 e. The largest absolute Gasteiger partial charge is 0.461 e. The molecule has 0 bridgehead atoms. The monoisotopic (exact) mass is 295 g/mol. The van der Waals surface area contributed by atoms with E-state index in [0.717, 1.165) is 0 Å². The average Bonchev–Trinajstić information content (AvgIpc) is 2.81. The van der Waals surface area contributed by atoms with Crippen molar-refractivity contribution in [3.8, 4) is 11.3 Å². The molecule has 0 aliphatic carbocycles. The molecule has 0 unspecified atom stereocenters. The van der Waals surface area contributed by atoms with Crippen molar-refractivity contribution in [2.24, 2.45) is 0 Å². The van der Waals surface area contributed by atoms with Gasteiger partial charge in [0, 0.05) is 17.7 Å². The van der Waals surface area contributed by atoms with Gasteiger partial charge in [0.2, 0.25) is 0 Å². The number of aromatic nitrogens is 2. The second kappa shape index (κ2) is 5.70. The standard InChI is InChI=1S/C12H10ClN3O4/c1-2-20-12(17)11-9(13)10(14-15-11)7-3-5-8(6-4-7)16(18)19/h3-6H,2H2,1H3,(H,14,15). The normalized spacial score (nSPS) is 10.3. The molecule has 104 valence electrons. The number of esters is 1. The third-order valence-electron chi connectivity index (χ3n) is 2.54. The molecule has 0 atom stereocenters. The number of nitrogens with zero attached hydrogens (tertiary/aromatic N) is 2. The van der Waals surface area contributed by atoms with Crippen LogP contribution in [0.5, 0.6) is 0 Å². The van der Waals surface area contributed by atoms with Crippen molar-refractivity contribution in [2.75, 3.05) is 6.61 Å². The number of carbonyl (C=O) groups excluding carboxylic acids is 1. The van der Waals surface area contributed by atoms with Crippen molar-refractivity contribution in [1.29, 1.82) is 0 Å². The lowest BCUT2D eigenvalue weighted by atomic mass is 10.1. The number of halogens is 1. The minimum atomic E-state index is -0.599. The van der Waals surface area contributed by atoms with Gasteiger partial charge in [-0.2, -0.15) is 5.10 Å². The van der Waals surface area contributed by atoms with Crippen molar-refractivity contribution in [2.45, 2.75) is 6.92 Å². The van der Waals surface area contributed by atoms with Gasteiger partial charge in [-0.15, -0.1) is 0 Å². The van der Waals surface area contributed by atoms with Crippen molar-refractivity contribution in [3.63, 3.8) is 0 Å². The molecule has 2 rings (SSSR count). The SMILES string of the molecule is CCOC(=O)c1[nH]nc(-c2ccc([N+](=O)[O-])cc2)c1Cl. The Bertz CT molecular complexity index is 651. The average molecular weight is 296 g/mol. The molecule has 0 saturated heterocycles. The summed E-state index contributed by atoms with van der Waals surface area (Å²) in [6.45, 7) is 1.90. The lowest BCUT2D eigenvalue weighted by Crippen LogP contribution is -2.05. The van der Waals surface area contributed by atoms with Gasteiger partial charge in [-0.25, -0.2) is 4.79 Å². The van der Waals surface area contributed by atoms with E-state index in [-0.39, 0.29) is 23.0 Å². The molecule has 1 heterocycles. The number of nitrogens with one attached hydrogen (secondary N) is 1. The first-order chi connectivity index (χ1) is 9.54. The molecular weight excluding hydrogens is 286 g/mol. The number of ether oxygens (including phenoxy) is 1. The number of rotatable bonds is 4. The third kappa shape index (κ3) is 2.62. The van der Waals surface area contributed by atoms with E-state index in [2.05, 4.69) is 10.2 Å². The quantitative estimate of drug-likeness (QED) is 0.531. The number of hydrogen-bond donors (Lipinski definition) is 1. The van der Waals surface area contributed by atoms with Gasteiger partial charge >= 0.3 is 5.97 Å². The maximum absolute atomic E-state index is 11.6. The van der Waals surface area contributed by atoms with E-state index in [1.807, 2.05) is 0 Å². The van der Waals surface area contributed by atoms with Gasteiger partial charge in [-0.1, -0.05) is 11.6 Å². The fourth-order valence-electron chi connectivity index (χ4n) is 1.60. The molecule has 8 heteroatoms. The summed E-state index contributed by atoms with van der Waals surface area (Å²) < 4.78 is 4.82. The summed E-state index contributed by atoms with van der Waals surface area (Å²) in [6, 6.07) is 5.69. The summed E-state index contributed by atoms with van der Waals surface area (Å²) in [6.07, 6.45) is 0. The van der Waals surface area contributed by atoms with Crippen LogP contribution in [0.3, 0.4) is 0 Å². The minimum absolute atomic E-state index is 0.0361. The number of benzene rings is 1. The molecule has 0 spiro atoms. The van der Waals surface area contributed by atoms with Crippen LogP contribution in [0.25, 0.3) is 11.3 Å². The van der Waals surface area contributed by atoms with Crippen LogP contribution in [0, 0.1) is 10.1 Å². The van der Waals surface area contributed by atoms with Crippen LogP contribution in [-0.4, -0.2) is 27.7 Å². The zero-order valence-electron chi connectivity index (χ0n) is 10.4. The van der Waals surface area contributed by atoms with Gasteiger partial charge in [0.25, 0.3) is 5.69 Å². The van der Waals surface area contributed by atoms with Crippen LogP contribution >= 0.6 is 11.6 Å². The number of nitro benzene ring substituents is 1. The van der Waals surface area contributed by atoms with Crippen LogP contribution in [-0.2, 0) is 4.74 Å². The second-order valence-corrected chi connectivity index (χ2v) is 4.16. The second-order valence-electron chi connectivity index (χ2n) is 3.79. The molecule has 1 aromatic heterocycles. The summed E-state index contributed by atoms with van der Waals surface area (Å²) in [5, 5.41) is 17.1. The molecule has 1 N–H and O–H groups in total. The van der Waals surface area contributed by atoms with Gasteiger partial charge in [0.15, 0.2) is 5.69 Å². The zero-order chi connectivity index (χ0) is 14.7. The summed E-state index contributed by atoms with van der Waals surface area (Å²) in [5.74, 6) is -0.599. The number of H-pyrrole nitrogens is 1. The third-order valence-corrected chi connectivity index (χ3v) is 2.91. The fourth-order valence-corrected chi connectivity index (χ4v) is 1.87. The number of hydrogen-bond acceptors (Lipinski definition) is 5. The molecule has 0 aliphatic rings. The Morgan fingerprint density at radius 1 is 1.45 bits per heavy atom. The van der Waals surface area contributed by atoms with Crippen molar-refractivity contribution >= 4 is 23.3 Å². The molecule has 7 nitrogen and oxygen atoms in total. The van der Waals surface area contributed by atoms with E-state index in [1.165, 1.54) is 24.3 Å². The summed E-state index contributed by atoms with van der Waals surface area (Å²) in [5.41, 5.74) is 0.921. The van der Waals surface area contributed by atoms with Crippen LogP contribution in [0.15, 0.2) is 24.3 Å². The van der Waals surface area contributed by atoms with Crippen LogP contribution in [0.1, 0.15) is 17.4 Å². The van der Waals surface area contributed by atoms with Gasteiger partial charge in [0.05, 0.1) is 11.5 Å². The highest BCUT2D eigenvalue weighted by Crippen LogP contribution is 2.29. The summed E-state index contributed by atoms with van der Waals surface area (Å²) >= 11 is 6.06. The molecule has 0 aliphatic heterocycles. The number of aromatic amines is 1. The van der Waals surface area contributed by atoms with E-state index in [1.54, 1.807) is 6.92 Å². The molecular formula is C12H10ClN3O4. The predicted octanol–water partition coefficient (Wildman–Crippen LogP) is 2.82. The highest BCUT2D eigenvalue weighted by atomic mass is 35.5. The van der Waals surface area contributed by atoms with Crippen molar-refractivity contribution in [1.82, 2.24) is 10.2 Å². The summed E-state index contributed by atoms with van der Waals surface area (Å²) in [7, 11) is 0. The predicted molar refractivity (Wildman–Crippen MR) is 71.6 cm³/mol. The Hall–Kier alpha value is -2.41. The molecule has 2 aromatic rings. The lowest BCUT2D eigenvalue weighted by molar-refractivity contribution is -0.384. The fraction of sp³-hybridized carbons (Fsp3) is 0.167. The molecule has 0 radical (unpaired) electrons. The molecule has 0 saturated carbocycles. The molecule has 0 amide bonds. The van der Waals surface area contributed by atoms with Gasteiger partial charge in [-0.3, -0.25) is 15.2 Å². The number of non-ortho nitro benzene ring substituents is 1. The Kier molecular flexibility index (Phi) is 3.99. The number of nitro groups is 1. The Labute approximate surface area is 118 Å². The first-order valence-electron chi connectivity index (χ1n) is 5.70. The van der Waals surface area contributed by atoms with Crippen LogP contribution < -0.4 is 0 Å². The van der Waals surface area contributed by atoms with E-state index < -0.39 is 10.9 Å². The van der Waals surface area contributed by atoms with Crippen molar-refractivity contribution < 1.29 is 14.5 Å². The summed E-state index contributed by atoms with van der Waals surface area (Å²) in [4.78, 5) is 21.7. The topological polar surface area (TPSA) is 98.1 Å². The lowest BCUT2D eigenvalue weighted by Gasteiger charge is -1.99. The van der Waals surface area contributed by atoms with E-state index in [9.17, 15) is 14.9 Å². The smallest absolute Gasteiger partial charge is 0.357 e. The highest BCUT2D eigenvalue weighted by Gasteiger charge is 2.20. The van der Waals surface area contributed by atoms with E-state index in [0.29, 0.717) is 11.3 Å². The number of carbonyl (C=O) groups is 1. The Balaban J connectivity index is 2.34. The molecule has 1 aromatic carbocycles. The first kappa shape index (κ1) is 14.0. The van der Waals surface area contributed by atoms with Crippen LogP contribution in [0.4, 0.5) is 5.69 Å². The van der Waals surface area contributed by atoms with E-state index in [4.69, 9.17) is 16.3 Å². The zero-order valence-corrected chi connectivity index (χ0v) is 11.2. The van der Waals surface area contributed by atoms with Gasteiger partial charge in [-0.05, 0) is 19.1 Å².